The van der Waals surface area contributed by atoms with Crippen molar-refractivity contribution in [3.63, 3.8) is 0 Å². The summed E-state index contributed by atoms with van der Waals surface area (Å²) in [5, 5.41) is 8.75. The topological polar surface area (TPSA) is 20.2 Å². The molecule has 0 aliphatic rings. The molecule has 0 saturated carbocycles. The molecule has 1 aromatic rings. The number of aliphatic hydroxyl groups excluding tert-OH is 1. The van der Waals surface area contributed by atoms with Gasteiger partial charge < -0.3 is 5.11 Å². The normalized spacial score (nSPS) is 11.7. The van der Waals surface area contributed by atoms with Crippen molar-refractivity contribution >= 4 is 0 Å². The van der Waals surface area contributed by atoms with Gasteiger partial charge in [-0.15, -0.1) is 0 Å². The summed E-state index contributed by atoms with van der Waals surface area (Å²) in [5.74, 6) is -2.69. The highest BCUT2D eigenvalue weighted by Crippen LogP contribution is 2.21. The van der Waals surface area contributed by atoms with Gasteiger partial charge in [0.15, 0.2) is 0 Å². The van der Waals surface area contributed by atoms with Crippen LogP contribution < -0.4 is 0 Å². The van der Waals surface area contributed by atoms with E-state index in [1.54, 1.807) is 24.3 Å². The predicted molar refractivity (Wildman–Crippen MR) is 51.6 cm³/mol. The number of alkyl halides is 2. The maximum atomic E-state index is 12.8. The summed E-state index contributed by atoms with van der Waals surface area (Å²) in [5.41, 5.74) is 1.42. The Balaban J connectivity index is 2.84. The quantitative estimate of drug-likeness (QED) is 0.791. The first-order valence-corrected chi connectivity index (χ1v) is 4.58. The van der Waals surface area contributed by atoms with E-state index in [0.717, 1.165) is 12.5 Å². The molecule has 0 fully saturated rings. The SMILES string of the molecule is CC(F)(F)Cc1ccccc1CCO. The fraction of sp³-hybridized carbons (Fsp3) is 0.455. The Hall–Kier alpha value is -0.960. The van der Waals surface area contributed by atoms with E-state index < -0.39 is 5.92 Å². The molecule has 1 aromatic carbocycles. The first-order valence-electron chi connectivity index (χ1n) is 4.58. The van der Waals surface area contributed by atoms with Gasteiger partial charge in [-0.05, 0) is 24.5 Å². The molecule has 0 aromatic heterocycles. The Kier molecular flexibility index (Phi) is 3.58. The van der Waals surface area contributed by atoms with Crippen LogP contribution in [0.5, 0.6) is 0 Å². The first-order chi connectivity index (χ1) is 6.53. The molecule has 78 valence electrons. The first kappa shape index (κ1) is 11.1. The van der Waals surface area contributed by atoms with E-state index in [1.165, 1.54) is 0 Å². The van der Waals surface area contributed by atoms with Gasteiger partial charge in [0.1, 0.15) is 0 Å². The summed E-state index contributed by atoms with van der Waals surface area (Å²) in [6.07, 6.45) is 0.176. The van der Waals surface area contributed by atoms with Gasteiger partial charge in [-0.2, -0.15) is 0 Å². The molecule has 0 aliphatic carbocycles. The third-order valence-electron chi connectivity index (χ3n) is 2.00. The van der Waals surface area contributed by atoms with E-state index in [9.17, 15) is 8.78 Å². The number of aliphatic hydroxyl groups is 1. The second-order valence-electron chi connectivity index (χ2n) is 3.49. The number of benzene rings is 1. The minimum Gasteiger partial charge on any atom is -0.396 e. The number of hydrogen-bond acceptors (Lipinski definition) is 1. The number of hydrogen-bond donors (Lipinski definition) is 1. The third-order valence-corrected chi connectivity index (χ3v) is 2.00. The lowest BCUT2D eigenvalue weighted by molar-refractivity contribution is 0.0223. The van der Waals surface area contributed by atoms with E-state index >= 15 is 0 Å². The molecule has 0 unspecified atom stereocenters. The van der Waals surface area contributed by atoms with Gasteiger partial charge in [-0.25, -0.2) is 8.78 Å². The number of rotatable bonds is 4. The van der Waals surface area contributed by atoms with Crippen LogP contribution in [0.1, 0.15) is 18.1 Å². The maximum absolute atomic E-state index is 12.8. The van der Waals surface area contributed by atoms with E-state index in [4.69, 9.17) is 5.11 Å². The molecule has 0 spiro atoms. The van der Waals surface area contributed by atoms with Crippen LogP contribution in [0.15, 0.2) is 24.3 Å². The van der Waals surface area contributed by atoms with Crippen molar-refractivity contribution in [3.05, 3.63) is 35.4 Å². The summed E-state index contributed by atoms with van der Waals surface area (Å²) in [6, 6.07) is 6.99. The Morgan fingerprint density at radius 1 is 1.21 bits per heavy atom. The molecule has 3 heteroatoms. The van der Waals surface area contributed by atoms with Crippen LogP contribution in [0.25, 0.3) is 0 Å². The molecule has 0 saturated heterocycles. The molecule has 14 heavy (non-hydrogen) atoms. The summed E-state index contributed by atoms with van der Waals surface area (Å²) < 4.78 is 25.5. The highest BCUT2D eigenvalue weighted by Gasteiger charge is 2.22. The van der Waals surface area contributed by atoms with E-state index in [-0.39, 0.29) is 13.0 Å². The van der Waals surface area contributed by atoms with Gasteiger partial charge in [-0.3, -0.25) is 0 Å². The average molecular weight is 200 g/mol. The molecule has 1 nitrogen and oxygen atoms in total. The highest BCUT2D eigenvalue weighted by atomic mass is 19.3. The summed E-state index contributed by atoms with van der Waals surface area (Å²) in [7, 11) is 0. The Labute approximate surface area is 82.4 Å². The molecule has 0 bridgehead atoms. The molecule has 0 radical (unpaired) electrons. The average Bonchev–Trinajstić information content (AvgIpc) is 2.06. The monoisotopic (exact) mass is 200 g/mol. The van der Waals surface area contributed by atoms with Gasteiger partial charge in [0.05, 0.1) is 0 Å². The molecule has 0 heterocycles. The van der Waals surface area contributed by atoms with E-state index in [1.807, 2.05) is 0 Å². The lowest BCUT2D eigenvalue weighted by Gasteiger charge is -2.13. The van der Waals surface area contributed by atoms with Crippen LogP contribution in [-0.4, -0.2) is 17.6 Å². The van der Waals surface area contributed by atoms with E-state index in [0.29, 0.717) is 12.0 Å². The smallest absolute Gasteiger partial charge is 0.249 e. The van der Waals surface area contributed by atoms with Gasteiger partial charge in [-0.1, -0.05) is 24.3 Å². The van der Waals surface area contributed by atoms with Gasteiger partial charge in [0, 0.05) is 13.0 Å². The van der Waals surface area contributed by atoms with Gasteiger partial charge >= 0.3 is 0 Å². The van der Waals surface area contributed by atoms with Crippen LogP contribution in [0, 0.1) is 0 Å². The zero-order valence-electron chi connectivity index (χ0n) is 8.13. The molecule has 1 rings (SSSR count). The van der Waals surface area contributed by atoms with Crippen LogP contribution in [-0.2, 0) is 12.8 Å². The zero-order valence-corrected chi connectivity index (χ0v) is 8.13. The second-order valence-corrected chi connectivity index (χ2v) is 3.49. The third kappa shape index (κ3) is 3.42. The zero-order chi connectivity index (χ0) is 10.6. The largest absolute Gasteiger partial charge is 0.396 e. The summed E-state index contributed by atoms with van der Waals surface area (Å²) >= 11 is 0. The Morgan fingerprint density at radius 2 is 1.79 bits per heavy atom. The predicted octanol–water partition coefficient (Wildman–Crippen LogP) is 2.42. The van der Waals surface area contributed by atoms with Crippen molar-refractivity contribution in [1.82, 2.24) is 0 Å². The van der Waals surface area contributed by atoms with Crippen molar-refractivity contribution in [1.29, 1.82) is 0 Å². The lowest BCUT2D eigenvalue weighted by Crippen LogP contribution is -2.15. The summed E-state index contributed by atoms with van der Waals surface area (Å²) in [6.45, 7) is 0.898. The fourth-order valence-corrected chi connectivity index (χ4v) is 1.43. The molecule has 0 amide bonds. The Morgan fingerprint density at radius 3 is 2.29 bits per heavy atom. The minimum absolute atomic E-state index is 0.00764. The van der Waals surface area contributed by atoms with Crippen molar-refractivity contribution < 1.29 is 13.9 Å². The van der Waals surface area contributed by atoms with Crippen molar-refractivity contribution in [2.75, 3.05) is 6.61 Å². The molecular weight excluding hydrogens is 186 g/mol. The van der Waals surface area contributed by atoms with Crippen LogP contribution >= 0.6 is 0 Å². The van der Waals surface area contributed by atoms with Gasteiger partial charge in [0.2, 0.25) is 5.92 Å². The molecular formula is C11H14F2O. The maximum Gasteiger partial charge on any atom is 0.249 e. The van der Waals surface area contributed by atoms with Crippen LogP contribution in [0.3, 0.4) is 0 Å². The van der Waals surface area contributed by atoms with E-state index in [2.05, 4.69) is 0 Å². The molecule has 0 aliphatic heterocycles. The van der Waals surface area contributed by atoms with Gasteiger partial charge in [0.25, 0.3) is 0 Å². The summed E-state index contributed by atoms with van der Waals surface area (Å²) in [4.78, 5) is 0. The second kappa shape index (κ2) is 4.51. The van der Waals surface area contributed by atoms with Crippen molar-refractivity contribution in [2.24, 2.45) is 0 Å². The van der Waals surface area contributed by atoms with Crippen LogP contribution in [0.2, 0.25) is 0 Å². The fourth-order valence-electron chi connectivity index (χ4n) is 1.43. The minimum atomic E-state index is -2.69. The standard InChI is InChI=1S/C11H14F2O/c1-11(12,13)8-10-5-3-2-4-9(10)6-7-14/h2-5,14H,6-8H2,1H3. The molecule has 0 atom stereocenters. The van der Waals surface area contributed by atoms with Crippen LogP contribution in [0.4, 0.5) is 8.78 Å². The van der Waals surface area contributed by atoms with Crippen molar-refractivity contribution in [2.45, 2.75) is 25.7 Å². The van der Waals surface area contributed by atoms with Crippen molar-refractivity contribution in [3.8, 4) is 0 Å². The number of halogens is 2. The molecule has 1 N–H and O–H groups in total. The Bertz CT molecular complexity index is 292. The highest BCUT2D eigenvalue weighted by molar-refractivity contribution is 5.28. The lowest BCUT2D eigenvalue weighted by atomic mass is 10.00.